The lowest BCUT2D eigenvalue weighted by atomic mass is 9.95. The lowest BCUT2D eigenvalue weighted by Crippen LogP contribution is -2.46. The van der Waals surface area contributed by atoms with E-state index in [1.807, 2.05) is 24.3 Å². The highest BCUT2D eigenvalue weighted by Crippen LogP contribution is 2.37. The van der Waals surface area contributed by atoms with Crippen molar-refractivity contribution in [3.63, 3.8) is 0 Å². The Balaban J connectivity index is 1.31. The fourth-order valence-electron chi connectivity index (χ4n) is 6.68. The monoisotopic (exact) mass is 579 g/mol. The highest BCUT2D eigenvalue weighted by molar-refractivity contribution is 5.96. The number of rotatable bonds is 7. The number of hydrogen-bond donors (Lipinski definition) is 0. The molecule has 0 radical (unpaired) electrons. The molecule has 43 heavy (non-hydrogen) atoms. The van der Waals surface area contributed by atoms with E-state index in [4.69, 9.17) is 14.5 Å². The number of aryl methyl sites for hydroxylation is 1. The number of ether oxygens (including phenoxy) is 2. The Morgan fingerprint density at radius 3 is 2.47 bits per heavy atom. The molecule has 0 bridgehead atoms. The third-order valence-corrected chi connectivity index (χ3v) is 9.12. The van der Waals surface area contributed by atoms with Crippen LogP contribution in [0, 0.1) is 6.92 Å². The SMILES string of the molecule is CCN(C(=O)c1ccc2c(c1)CN(c1ncnc3c(C)cc(-c4ccc(OC)c(OC)c4)cc13)CC2)C1CCN(C)CC1. The van der Waals surface area contributed by atoms with Gasteiger partial charge in [0.25, 0.3) is 5.91 Å². The number of carbonyl (C=O) groups is 1. The van der Waals surface area contributed by atoms with Gasteiger partial charge in [0.2, 0.25) is 0 Å². The summed E-state index contributed by atoms with van der Waals surface area (Å²) in [5.41, 5.74) is 7.41. The summed E-state index contributed by atoms with van der Waals surface area (Å²) in [6.07, 6.45) is 4.62. The molecule has 8 heteroatoms. The number of fused-ring (bicyclic) bond motifs is 2. The number of hydrogen-bond acceptors (Lipinski definition) is 7. The molecule has 1 saturated heterocycles. The van der Waals surface area contributed by atoms with Gasteiger partial charge in [0, 0.05) is 36.6 Å². The Labute approximate surface area is 254 Å². The second-order valence-electron chi connectivity index (χ2n) is 11.7. The van der Waals surface area contributed by atoms with Crippen LogP contribution in [0.1, 0.15) is 46.8 Å². The van der Waals surface area contributed by atoms with Crippen LogP contribution in [0.3, 0.4) is 0 Å². The number of aromatic nitrogens is 2. The van der Waals surface area contributed by atoms with Crippen molar-refractivity contribution < 1.29 is 14.3 Å². The molecule has 0 saturated carbocycles. The fraction of sp³-hybridized carbons (Fsp3) is 0.400. The number of piperidine rings is 1. The summed E-state index contributed by atoms with van der Waals surface area (Å²) in [5, 5.41) is 1.02. The van der Waals surface area contributed by atoms with E-state index < -0.39 is 0 Å². The third-order valence-electron chi connectivity index (χ3n) is 9.12. The minimum absolute atomic E-state index is 0.139. The molecule has 0 N–H and O–H groups in total. The van der Waals surface area contributed by atoms with Gasteiger partial charge in [-0.2, -0.15) is 0 Å². The van der Waals surface area contributed by atoms with Crippen LogP contribution in [0.4, 0.5) is 5.82 Å². The lowest BCUT2D eigenvalue weighted by molar-refractivity contribution is 0.0606. The van der Waals surface area contributed by atoms with Gasteiger partial charge in [-0.25, -0.2) is 9.97 Å². The zero-order chi connectivity index (χ0) is 30.1. The van der Waals surface area contributed by atoms with Gasteiger partial charge in [0.1, 0.15) is 12.1 Å². The number of likely N-dealkylation sites (tertiary alicyclic amines) is 1. The van der Waals surface area contributed by atoms with Crippen LogP contribution in [0.25, 0.3) is 22.0 Å². The maximum absolute atomic E-state index is 13.7. The summed E-state index contributed by atoms with van der Waals surface area (Å²) in [7, 11) is 5.45. The summed E-state index contributed by atoms with van der Waals surface area (Å²) >= 11 is 0. The van der Waals surface area contributed by atoms with Crippen LogP contribution >= 0.6 is 0 Å². The highest BCUT2D eigenvalue weighted by atomic mass is 16.5. The predicted molar refractivity (Wildman–Crippen MR) is 171 cm³/mol. The first kappa shape index (κ1) is 28.9. The summed E-state index contributed by atoms with van der Waals surface area (Å²) in [5.74, 6) is 2.45. The molecule has 0 aliphatic carbocycles. The standard InChI is InChI=1S/C35H41N5O3/c1-6-40(29-12-14-38(3)15-13-29)35(41)26-8-7-24-11-16-39(21-28(24)18-26)34-30-19-27(17-23(2)33(30)36-22-37-34)25-9-10-31(42-4)32(20-25)43-5/h7-10,17-20,22,29H,6,11-16,21H2,1-5H3. The van der Waals surface area contributed by atoms with E-state index in [2.05, 4.69) is 64.8 Å². The second kappa shape index (κ2) is 12.2. The first-order valence-electron chi connectivity index (χ1n) is 15.2. The quantitative estimate of drug-likeness (QED) is 0.277. The minimum Gasteiger partial charge on any atom is -0.493 e. The van der Waals surface area contributed by atoms with Gasteiger partial charge >= 0.3 is 0 Å². The minimum atomic E-state index is 0.139. The number of carbonyl (C=O) groups excluding carboxylic acids is 1. The zero-order valence-corrected chi connectivity index (χ0v) is 25.9. The molecule has 2 aliphatic heterocycles. The molecule has 1 aromatic heterocycles. The molecule has 2 aliphatic rings. The van der Waals surface area contributed by atoms with Gasteiger partial charge in [-0.1, -0.05) is 12.1 Å². The largest absolute Gasteiger partial charge is 0.493 e. The molecule has 3 heterocycles. The van der Waals surface area contributed by atoms with E-state index in [1.54, 1.807) is 20.5 Å². The van der Waals surface area contributed by atoms with E-state index in [9.17, 15) is 4.79 Å². The van der Waals surface area contributed by atoms with E-state index in [1.165, 1.54) is 11.1 Å². The van der Waals surface area contributed by atoms with Crippen molar-refractivity contribution >= 4 is 22.6 Å². The van der Waals surface area contributed by atoms with Crippen LogP contribution in [0.15, 0.2) is 54.9 Å². The number of methoxy groups -OCH3 is 2. The first-order chi connectivity index (χ1) is 20.9. The molecule has 224 valence electrons. The molecular weight excluding hydrogens is 538 g/mol. The summed E-state index contributed by atoms with van der Waals surface area (Å²) in [4.78, 5) is 29.9. The van der Waals surface area contributed by atoms with Crippen LogP contribution in [-0.4, -0.2) is 79.2 Å². The van der Waals surface area contributed by atoms with Crippen molar-refractivity contribution in [3.05, 3.63) is 77.1 Å². The molecule has 8 nitrogen and oxygen atoms in total. The highest BCUT2D eigenvalue weighted by Gasteiger charge is 2.28. The molecule has 4 aromatic rings. The fourth-order valence-corrected chi connectivity index (χ4v) is 6.68. The summed E-state index contributed by atoms with van der Waals surface area (Å²) < 4.78 is 11.0. The van der Waals surface area contributed by atoms with E-state index in [-0.39, 0.29) is 5.91 Å². The first-order valence-corrected chi connectivity index (χ1v) is 15.2. The van der Waals surface area contributed by atoms with E-state index >= 15 is 0 Å². The molecule has 6 rings (SSSR count). The van der Waals surface area contributed by atoms with Crippen LogP contribution in [0.2, 0.25) is 0 Å². The molecule has 1 amide bonds. The number of nitrogens with zero attached hydrogens (tertiary/aromatic N) is 5. The van der Waals surface area contributed by atoms with Gasteiger partial charge < -0.3 is 24.2 Å². The average Bonchev–Trinajstić information content (AvgIpc) is 3.04. The number of benzene rings is 3. The van der Waals surface area contributed by atoms with E-state index in [0.29, 0.717) is 24.1 Å². The molecule has 0 unspecified atom stereocenters. The Morgan fingerprint density at radius 2 is 1.72 bits per heavy atom. The normalized spacial score (nSPS) is 15.8. The van der Waals surface area contributed by atoms with Crippen molar-refractivity contribution in [2.24, 2.45) is 0 Å². The van der Waals surface area contributed by atoms with Crippen LogP contribution < -0.4 is 14.4 Å². The molecule has 3 aromatic carbocycles. The molecule has 1 fully saturated rings. The van der Waals surface area contributed by atoms with Crippen LogP contribution in [0.5, 0.6) is 11.5 Å². The number of amides is 1. The van der Waals surface area contributed by atoms with Gasteiger partial charge in [-0.3, -0.25) is 4.79 Å². The molecular formula is C35H41N5O3. The van der Waals surface area contributed by atoms with Crippen molar-refractivity contribution in [2.75, 3.05) is 52.3 Å². The van der Waals surface area contributed by atoms with E-state index in [0.717, 1.165) is 84.4 Å². The smallest absolute Gasteiger partial charge is 0.254 e. The second-order valence-corrected chi connectivity index (χ2v) is 11.7. The van der Waals surface area contributed by atoms with Crippen molar-refractivity contribution in [1.29, 1.82) is 0 Å². The Kier molecular flexibility index (Phi) is 8.21. The summed E-state index contributed by atoms with van der Waals surface area (Å²) in [6.45, 7) is 8.53. The zero-order valence-electron chi connectivity index (χ0n) is 25.9. The van der Waals surface area contributed by atoms with Crippen molar-refractivity contribution in [1.82, 2.24) is 19.8 Å². The third kappa shape index (κ3) is 5.64. The van der Waals surface area contributed by atoms with Gasteiger partial charge in [-0.05, 0) is 117 Å². The number of anilines is 1. The maximum Gasteiger partial charge on any atom is 0.254 e. The predicted octanol–water partition coefficient (Wildman–Crippen LogP) is 5.74. The summed E-state index contributed by atoms with van der Waals surface area (Å²) in [6, 6.07) is 16.9. The Morgan fingerprint density at radius 1 is 0.930 bits per heavy atom. The van der Waals surface area contributed by atoms with Gasteiger partial charge in [0.15, 0.2) is 11.5 Å². The average molecular weight is 580 g/mol. The lowest BCUT2D eigenvalue weighted by Gasteiger charge is -2.37. The van der Waals surface area contributed by atoms with Crippen molar-refractivity contribution in [3.8, 4) is 22.6 Å². The van der Waals surface area contributed by atoms with Crippen LogP contribution in [-0.2, 0) is 13.0 Å². The van der Waals surface area contributed by atoms with Gasteiger partial charge in [0.05, 0.1) is 19.7 Å². The van der Waals surface area contributed by atoms with Crippen molar-refractivity contribution in [2.45, 2.75) is 45.7 Å². The van der Waals surface area contributed by atoms with Gasteiger partial charge in [-0.15, -0.1) is 0 Å². The molecule has 0 spiro atoms. The topological polar surface area (TPSA) is 71.0 Å². The maximum atomic E-state index is 13.7. The molecule has 0 atom stereocenters. The Bertz CT molecular complexity index is 1650. The Hall–Kier alpha value is -4.17.